The SMILES string of the molecule is O=S(=O)(Cc1ccccc1)c1cccnc1. The fraction of sp³-hybridized carbons (Fsp3) is 0.0833. The second-order valence-electron chi connectivity index (χ2n) is 3.43. The molecule has 0 aliphatic rings. The van der Waals surface area contributed by atoms with E-state index in [1.807, 2.05) is 18.2 Å². The van der Waals surface area contributed by atoms with Gasteiger partial charge in [-0.25, -0.2) is 8.42 Å². The van der Waals surface area contributed by atoms with E-state index in [1.165, 1.54) is 6.20 Å². The van der Waals surface area contributed by atoms with Crippen LogP contribution in [0.4, 0.5) is 0 Å². The lowest BCUT2D eigenvalue weighted by Gasteiger charge is -2.03. The third kappa shape index (κ3) is 2.46. The second-order valence-corrected chi connectivity index (χ2v) is 5.42. The molecule has 0 bridgehead atoms. The van der Waals surface area contributed by atoms with Crippen molar-refractivity contribution in [3.63, 3.8) is 0 Å². The van der Waals surface area contributed by atoms with Gasteiger partial charge in [0, 0.05) is 12.4 Å². The molecule has 0 aliphatic heterocycles. The van der Waals surface area contributed by atoms with Crippen LogP contribution in [-0.2, 0) is 15.6 Å². The molecule has 0 spiro atoms. The molecular formula is C12H11NO2S. The second kappa shape index (κ2) is 4.45. The Balaban J connectivity index is 2.29. The van der Waals surface area contributed by atoms with Crippen molar-refractivity contribution in [2.24, 2.45) is 0 Å². The molecule has 4 heteroatoms. The molecule has 0 atom stereocenters. The molecule has 1 heterocycles. The van der Waals surface area contributed by atoms with Gasteiger partial charge >= 0.3 is 0 Å². The number of hydrogen-bond donors (Lipinski definition) is 0. The predicted octanol–water partition coefficient (Wildman–Crippen LogP) is 2.06. The third-order valence-electron chi connectivity index (χ3n) is 2.19. The molecule has 1 aromatic heterocycles. The molecule has 0 fully saturated rings. The summed E-state index contributed by atoms with van der Waals surface area (Å²) in [5.41, 5.74) is 0.784. The molecule has 0 radical (unpaired) electrons. The van der Waals surface area contributed by atoms with Gasteiger partial charge in [0.25, 0.3) is 0 Å². The number of rotatable bonds is 3. The lowest BCUT2D eigenvalue weighted by atomic mass is 10.2. The number of benzene rings is 1. The maximum Gasteiger partial charge on any atom is 0.184 e. The highest BCUT2D eigenvalue weighted by Crippen LogP contribution is 2.14. The Bertz CT molecular complexity index is 550. The van der Waals surface area contributed by atoms with Crippen LogP contribution in [0.15, 0.2) is 59.8 Å². The summed E-state index contributed by atoms with van der Waals surface area (Å²) in [6, 6.07) is 12.3. The molecular weight excluding hydrogens is 222 g/mol. The van der Waals surface area contributed by atoms with E-state index >= 15 is 0 Å². The van der Waals surface area contributed by atoms with Crippen LogP contribution in [0.5, 0.6) is 0 Å². The minimum absolute atomic E-state index is 0.0134. The van der Waals surface area contributed by atoms with Gasteiger partial charge in [-0.05, 0) is 17.7 Å². The molecule has 0 saturated heterocycles. The van der Waals surface area contributed by atoms with Gasteiger partial charge in [-0.2, -0.15) is 0 Å². The van der Waals surface area contributed by atoms with Crippen molar-refractivity contribution in [3.05, 3.63) is 60.4 Å². The largest absolute Gasteiger partial charge is 0.263 e. The fourth-order valence-electron chi connectivity index (χ4n) is 1.41. The zero-order valence-electron chi connectivity index (χ0n) is 8.58. The topological polar surface area (TPSA) is 47.0 Å². The minimum atomic E-state index is -3.28. The van der Waals surface area contributed by atoms with E-state index in [9.17, 15) is 8.42 Å². The molecule has 0 amide bonds. The molecule has 0 aliphatic carbocycles. The van der Waals surface area contributed by atoms with E-state index in [0.29, 0.717) is 0 Å². The van der Waals surface area contributed by atoms with Crippen LogP contribution < -0.4 is 0 Å². The molecule has 0 saturated carbocycles. The number of aromatic nitrogens is 1. The average Bonchev–Trinajstić information content (AvgIpc) is 2.31. The summed E-state index contributed by atoms with van der Waals surface area (Å²) in [4.78, 5) is 4.08. The van der Waals surface area contributed by atoms with Crippen molar-refractivity contribution in [1.29, 1.82) is 0 Å². The van der Waals surface area contributed by atoms with E-state index in [1.54, 1.807) is 30.5 Å². The average molecular weight is 233 g/mol. The lowest BCUT2D eigenvalue weighted by Crippen LogP contribution is -2.04. The van der Waals surface area contributed by atoms with Crippen LogP contribution in [0.2, 0.25) is 0 Å². The van der Waals surface area contributed by atoms with Crippen molar-refractivity contribution in [2.45, 2.75) is 10.6 Å². The standard InChI is InChI=1S/C12H11NO2S/c14-16(15,12-7-4-8-13-9-12)10-11-5-2-1-3-6-11/h1-9H,10H2. The summed E-state index contributed by atoms with van der Waals surface area (Å²) in [5, 5.41) is 0. The Morgan fingerprint density at radius 3 is 2.38 bits per heavy atom. The Morgan fingerprint density at radius 2 is 1.75 bits per heavy atom. The molecule has 16 heavy (non-hydrogen) atoms. The molecule has 0 unspecified atom stereocenters. The Morgan fingerprint density at radius 1 is 1.00 bits per heavy atom. The summed E-state index contributed by atoms with van der Waals surface area (Å²) in [5.74, 6) is 0.0134. The highest BCUT2D eigenvalue weighted by Gasteiger charge is 2.14. The third-order valence-corrected chi connectivity index (χ3v) is 3.87. The maximum absolute atomic E-state index is 12.0. The number of pyridine rings is 1. The first-order chi connectivity index (χ1) is 7.68. The van der Waals surface area contributed by atoms with Crippen molar-refractivity contribution in [1.82, 2.24) is 4.98 Å². The predicted molar refractivity (Wildman–Crippen MR) is 61.6 cm³/mol. The summed E-state index contributed by atoms with van der Waals surface area (Å²) in [6.07, 6.45) is 2.93. The fourth-order valence-corrected chi connectivity index (χ4v) is 2.71. The van der Waals surface area contributed by atoms with Crippen LogP contribution in [-0.4, -0.2) is 13.4 Å². The van der Waals surface area contributed by atoms with Gasteiger partial charge < -0.3 is 0 Å². The van der Waals surface area contributed by atoms with Crippen LogP contribution in [0.1, 0.15) is 5.56 Å². The van der Waals surface area contributed by atoms with Gasteiger partial charge in [-0.1, -0.05) is 30.3 Å². The van der Waals surface area contributed by atoms with E-state index < -0.39 is 9.84 Å². The number of nitrogens with zero attached hydrogens (tertiary/aromatic N) is 1. The van der Waals surface area contributed by atoms with E-state index in [4.69, 9.17) is 0 Å². The summed E-state index contributed by atoms with van der Waals surface area (Å²) >= 11 is 0. The van der Waals surface area contributed by atoms with Crippen molar-refractivity contribution in [3.8, 4) is 0 Å². The first-order valence-corrected chi connectivity index (χ1v) is 6.50. The van der Waals surface area contributed by atoms with E-state index in [2.05, 4.69) is 4.98 Å². The highest BCUT2D eigenvalue weighted by molar-refractivity contribution is 7.90. The molecule has 82 valence electrons. The van der Waals surface area contributed by atoms with Crippen LogP contribution >= 0.6 is 0 Å². The quantitative estimate of drug-likeness (QED) is 0.815. The smallest absolute Gasteiger partial charge is 0.184 e. The van der Waals surface area contributed by atoms with Crippen LogP contribution in [0, 0.1) is 0 Å². The van der Waals surface area contributed by atoms with E-state index in [-0.39, 0.29) is 10.6 Å². The summed E-state index contributed by atoms with van der Waals surface area (Å²) in [6.45, 7) is 0. The normalized spacial score (nSPS) is 11.2. The zero-order valence-corrected chi connectivity index (χ0v) is 9.39. The van der Waals surface area contributed by atoms with Gasteiger partial charge in [0.1, 0.15) is 0 Å². The van der Waals surface area contributed by atoms with Gasteiger partial charge in [0.05, 0.1) is 10.6 Å². The highest BCUT2D eigenvalue weighted by atomic mass is 32.2. The Labute approximate surface area is 94.7 Å². The monoisotopic (exact) mass is 233 g/mol. The molecule has 1 aromatic carbocycles. The van der Waals surface area contributed by atoms with Gasteiger partial charge in [0.15, 0.2) is 9.84 Å². The Kier molecular flexibility index (Phi) is 3.01. The Hall–Kier alpha value is -1.68. The van der Waals surface area contributed by atoms with Crippen molar-refractivity contribution in [2.75, 3.05) is 0 Å². The zero-order chi connectivity index (χ0) is 11.4. The van der Waals surface area contributed by atoms with Crippen LogP contribution in [0.3, 0.4) is 0 Å². The summed E-state index contributed by atoms with van der Waals surface area (Å²) < 4.78 is 23.9. The van der Waals surface area contributed by atoms with Crippen molar-refractivity contribution < 1.29 is 8.42 Å². The molecule has 0 N–H and O–H groups in total. The van der Waals surface area contributed by atoms with Crippen LogP contribution in [0.25, 0.3) is 0 Å². The first-order valence-electron chi connectivity index (χ1n) is 4.85. The molecule has 2 rings (SSSR count). The number of hydrogen-bond acceptors (Lipinski definition) is 3. The van der Waals surface area contributed by atoms with Gasteiger partial charge in [-0.3, -0.25) is 4.98 Å². The van der Waals surface area contributed by atoms with E-state index in [0.717, 1.165) is 5.56 Å². The minimum Gasteiger partial charge on any atom is -0.263 e. The first kappa shape index (κ1) is 10.8. The molecule has 2 aromatic rings. The maximum atomic E-state index is 12.0. The molecule has 3 nitrogen and oxygen atoms in total. The lowest BCUT2D eigenvalue weighted by molar-refractivity contribution is 0.595. The number of sulfone groups is 1. The van der Waals surface area contributed by atoms with Gasteiger partial charge in [-0.15, -0.1) is 0 Å². The van der Waals surface area contributed by atoms with Gasteiger partial charge in [0.2, 0.25) is 0 Å². The summed E-state index contributed by atoms with van der Waals surface area (Å²) in [7, 11) is -3.28. The van der Waals surface area contributed by atoms with Crippen molar-refractivity contribution >= 4 is 9.84 Å².